The summed E-state index contributed by atoms with van der Waals surface area (Å²) < 4.78 is 11.1. The Morgan fingerprint density at radius 3 is 2.59 bits per heavy atom. The van der Waals surface area contributed by atoms with Gasteiger partial charge in [0.2, 0.25) is 5.91 Å². The molecule has 8 nitrogen and oxygen atoms in total. The van der Waals surface area contributed by atoms with E-state index in [1.54, 1.807) is 18.2 Å². The fourth-order valence-corrected chi connectivity index (χ4v) is 4.94. The zero-order valence-electron chi connectivity index (χ0n) is 18.7. The maximum atomic E-state index is 13.3. The molecule has 1 N–H and O–H groups in total. The number of amides is 2. The van der Waals surface area contributed by atoms with Gasteiger partial charge in [0, 0.05) is 35.8 Å². The van der Waals surface area contributed by atoms with Crippen LogP contribution in [0.1, 0.15) is 40.6 Å². The van der Waals surface area contributed by atoms with Crippen molar-refractivity contribution in [1.29, 1.82) is 0 Å². The van der Waals surface area contributed by atoms with E-state index in [2.05, 4.69) is 15.3 Å². The molecular formula is C23H26N4O4S. The van der Waals surface area contributed by atoms with E-state index in [-0.39, 0.29) is 18.4 Å². The molecule has 0 spiro atoms. The zero-order valence-corrected chi connectivity index (χ0v) is 19.5. The molecule has 0 atom stereocenters. The van der Waals surface area contributed by atoms with E-state index in [0.29, 0.717) is 41.8 Å². The number of ether oxygens (including phenoxy) is 2. The molecule has 3 heterocycles. The first-order valence-electron chi connectivity index (χ1n) is 10.7. The van der Waals surface area contributed by atoms with Gasteiger partial charge in [0.1, 0.15) is 30.4 Å². The van der Waals surface area contributed by atoms with Gasteiger partial charge in [-0.1, -0.05) is 6.92 Å². The number of aryl methyl sites for hydroxylation is 3. The summed E-state index contributed by atoms with van der Waals surface area (Å²) in [5, 5.41) is 3.76. The fourth-order valence-electron chi connectivity index (χ4n) is 3.72. The molecule has 2 aromatic heterocycles. The predicted molar refractivity (Wildman–Crippen MR) is 124 cm³/mol. The van der Waals surface area contributed by atoms with Crippen molar-refractivity contribution in [2.75, 3.05) is 31.6 Å². The minimum Gasteiger partial charge on any atom is -0.486 e. The number of aromatic nitrogens is 2. The van der Waals surface area contributed by atoms with Crippen LogP contribution in [0.5, 0.6) is 11.5 Å². The summed E-state index contributed by atoms with van der Waals surface area (Å²) in [7, 11) is 0. The van der Waals surface area contributed by atoms with Crippen molar-refractivity contribution in [1.82, 2.24) is 14.9 Å². The van der Waals surface area contributed by atoms with E-state index in [0.717, 1.165) is 33.7 Å². The van der Waals surface area contributed by atoms with Gasteiger partial charge in [-0.25, -0.2) is 9.97 Å². The van der Waals surface area contributed by atoms with Gasteiger partial charge in [0.15, 0.2) is 11.5 Å². The number of carbonyl (C=O) groups is 2. The Kier molecular flexibility index (Phi) is 6.27. The van der Waals surface area contributed by atoms with Crippen molar-refractivity contribution in [2.24, 2.45) is 0 Å². The van der Waals surface area contributed by atoms with Gasteiger partial charge in [-0.05, 0) is 38.5 Å². The maximum absolute atomic E-state index is 13.3. The second kappa shape index (κ2) is 9.12. The van der Waals surface area contributed by atoms with Crippen molar-refractivity contribution >= 4 is 39.1 Å². The predicted octanol–water partition coefficient (Wildman–Crippen LogP) is 3.74. The van der Waals surface area contributed by atoms with E-state index >= 15 is 0 Å². The number of rotatable bonds is 6. The Hall–Kier alpha value is -3.20. The van der Waals surface area contributed by atoms with Crippen LogP contribution in [0.2, 0.25) is 0 Å². The van der Waals surface area contributed by atoms with Gasteiger partial charge >= 0.3 is 0 Å². The van der Waals surface area contributed by atoms with Crippen LogP contribution in [0, 0.1) is 13.8 Å². The summed E-state index contributed by atoms with van der Waals surface area (Å²) in [6.45, 7) is 9.06. The van der Waals surface area contributed by atoms with E-state index in [9.17, 15) is 9.59 Å². The van der Waals surface area contributed by atoms with Crippen molar-refractivity contribution in [3.05, 3.63) is 40.2 Å². The van der Waals surface area contributed by atoms with Gasteiger partial charge < -0.3 is 19.7 Å². The van der Waals surface area contributed by atoms with Crippen molar-refractivity contribution in [2.45, 2.75) is 34.1 Å². The molecule has 0 radical (unpaired) electrons. The lowest BCUT2D eigenvalue weighted by Crippen LogP contribution is -2.37. The molecule has 3 aromatic rings. The van der Waals surface area contributed by atoms with Gasteiger partial charge in [-0.2, -0.15) is 0 Å². The Bertz CT molecular complexity index is 1190. The number of thiophene rings is 1. The molecule has 168 valence electrons. The topological polar surface area (TPSA) is 93.7 Å². The third kappa shape index (κ3) is 4.25. The van der Waals surface area contributed by atoms with Crippen LogP contribution in [0.25, 0.3) is 10.2 Å². The molecule has 0 unspecified atom stereocenters. The van der Waals surface area contributed by atoms with Crippen LogP contribution in [0.15, 0.2) is 18.2 Å². The molecule has 1 aliphatic rings. The lowest BCUT2D eigenvalue weighted by atomic mass is 10.1. The van der Waals surface area contributed by atoms with E-state index < -0.39 is 0 Å². The van der Waals surface area contributed by atoms with E-state index in [1.807, 2.05) is 27.7 Å². The number of carbonyl (C=O) groups excluding carboxylic acids is 2. The van der Waals surface area contributed by atoms with Gasteiger partial charge in [0.05, 0.1) is 4.88 Å². The average molecular weight is 455 g/mol. The van der Waals surface area contributed by atoms with Crippen molar-refractivity contribution < 1.29 is 19.1 Å². The molecule has 9 heteroatoms. The van der Waals surface area contributed by atoms with Crippen LogP contribution < -0.4 is 14.8 Å². The van der Waals surface area contributed by atoms with Gasteiger partial charge in [-0.3, -0.25) is 9.59 Å². The number of hydrogen-bond acceptors (Lipinski definition) is 7. The molecular weight excluding hydrogens is 428 g/mol. The third-order valence-corrected chi connectivity index (χ3v) is 6.53. The monoisotopic (exact) mass is 454 g/mol. The number of benzene rings is 1. The highest BCUT2D eigenvalue weighted by atomic mass is 32.1. The van der Waals surface area contributed by atoms with Crippen LogP contribution in [-0.2, 0) is 11.2 Å². The van der Waals surface area contributed by atoms with Crippen molar-refractivity contribution in [3.63, 3.8) is 0 Å². The average Bonchev–Trinajstić information content (AvgIpc) is 3.13. The number of likely N-dealkylation sites (N-methyl/N-ethyl adjacent to an activating group) is 1. The summed E-state index contributed by atoms with van der Waals surface area (Å²) in [6.07, 6.45) is 0.734. The summed E-state index contributed by atoms with van der Waals surface area (Å²) in [4.78, 5) is 38.0. The normalized spacial score (nSPS) is 12.6. The minimum absolute atomic E-state index is 0.0532. The minimum atomic E-state index is -0.278. The number of hydrogen-bond donors (Lipinski definition) is 1. The molecule has 32 heavy (non-hydrogen) atoms. The molecule has 0 fully saturated rings. The standard InChI is InChI=1S/C23H26N4O4S/c1-5-18-24-14(4)20-13(3)21(32-22(20)26-18)23(29)27(6-2)12-19(28)25-15-7-8-16-17(11-15)31-10-9-30-16/h7-8,11H,5-6,9-10,12H2,1-4H3,(H,25,28). The SMILES string of the molecule is CCc1nc(C)c2c(C)c(C(=O)N(CC)CC(=O)Nc3ccc4c(c3)OCCO4)sc2n1. The molecule has 0 bridgehead atoms. The highest BCUT2D eigenvalue weighted by Gasteiger charge is 2.24. The highest BCUT2D eigenvalue weighted by Crippen LogP contribution is 2.33. The molecule has 0 saturated heterocycles. The van der Waals surface area contributed by atoms with E-state index in [1.165, 1.54) is 16.2 Å². The summed E-state index contributed by atoms with van der Waals surface area (Å²) in [5.74, 6) is 1.56. The van der Waals surface area contributed by atoms with E-state index in [4.69, 9.17) is 9.47 Å². The first kappa shape index (κ1) is 22.0. The maximum Gasteiger partial charge on any atom is 0.264 e. The second-order valence-electron chi connectivity index (χ2n) is 7.54. The molecule has 4 rings (SSSR count). The molecule has 0 saturated carbocycles. The summed E-state index contributed by atoms with van der Waals surface area (Å²) >= 11 is 1.36. The molecule has 2 amide bonds. The lowest BCUT2D eigenvalue weighted by molar-refractivity contribution is -0.116. The largest absolute Gasteiger partial charge is 0.486 e. The summed E-state index contributed by atoms with van der Waals surface area (Å²) in [6, 6.07) is 5.25. The van der Waals surface area contributed by atoms with Crippen LogP contribution in [0.3, 0.4) is 0 Å². The third-order valence-electron chi connectivity index (χ3n) is 5.36. The van der Waals surface area contributed by atoms with Gasteiger partial charge in [0.25, 0.3) is 5.91 Å². The van der Waals surface area contributed by atoms with Crippen LogP contribution in [0.4, 0.5) is 5.69 Å². The molecule has 1 aromatic carbocycles. The number of nitrogens with one attached hydrogen (secondary N) is 1. The smallest absolute Gasteiger partial charge is 0.264 e. The first-order valence-corrected chi connectivity index (χ1v) is 11.5. The fraction of sp³-hybridized carbons (Fsp3) is 0.391. The Morgan fingerprint density at radius 1 is 1.12 bits per heavy atom. The van der Waals surface area contributed by atoms with Crippen LogP contribution >= 0.6 is 11.3 Å². The number of anilines is 1. The van der Waals surface area contributed by atoms with Crippen LogP contribution in [-0.4, -0.2) is 53.0 Å². The Balaban J connectivity index is 1.51. The molecule has 1 aliphatic heterocycles. The second-order valence-corrected chi connectivity index (χ2v) is 8.54. The van der Waals surface area contributed by atoms with Crippen molar-refractivity contribution in [3.8, 4) is 11.5 Å². The number of nitrogens with zero attached hydrogens (tertiary/aromatic N) is 3. The summed E-state index contributed by atoms with van der Waals surface area (Å²) in [5.41, 5.74) is 2.33. The quantitative estimate of drug-likeness (QED) is 0.610. The first-order chi connectivity index (χ1) is 15.4. The zero-order chi connectivity index (χ0) is 22.8. The molecule has 0 aliphatic carbocycles. The number of fused-ring (bicyclic) bond motifs is 2. The Labute approximate surface area is 190 Å². The Morgan fingerprint density at radius 2 is 1.88 bits per heavy atom. The van der Waals surface area contributed by atoms with Gasteiger partial charge in [-0.15, -0.1) is 11.3 Å². The lowest BCUT2D eigenvalue weighted by Gasteiger charge is -2.21. The highest BCUT2D eigenvalue weighted by molar-refractivity contribution is 7.20.